The van der Waals surface area contributed by atoms with E-state index in [1.807, 2.05) is 0 Å². The van der Waals surface area contributed by atoms with Gasteiger partial charge in [-0.3, -0.25) is 4.79 Å². The third-order valence-electron chi connectivity index (χ3n) is 2.57. The van der Waals surface area contributed by atoms with Crippen LogP contribution >= 0.6 is 11.6 Å². The van der Waals surface area contributed by atoms with Gasteiger partial charge in [-0.15, -0.1) is 0 Å². The van der Waals surface area contributed by atoms with E-state index in [-0.39, 0.29) is 10.6 Å². The summed E-state index contributed by atoms with van der Waals surface area (Å²) in [4.78, 5) is 23.0. The zero-order chi connectivity index (χ0) is 14.8. The second-order valence-corrected chi connectivity index (χ2v) is 5.65. The molecule has 1 aromatic rings. The largest absolute Gasteiger partial charge is 0.480 e. The van der Waals surface area contributed by atoms with Gasteiger partial charge in [0.1, 0.15) is 11.9 Å². The number of carbonyl (C=O) groups excluding carboxylic acids is 1. The van der Waals surface area contributed by atoms with Gasteiger partial charge in [0.25, 0.3) is 5.91 Å². The van der Waals surface area contributed by atoms with Gasteiger partial charge in [-0.1, -0.05) is 32.4 Å². The van der Waals surface area contributed by atoms with E-state index in [4.69, 9.17) is 16.7 Å². The van der Waals surface area contributed by atoms with Crippen LogP contribution in [0, 0.1) is 11.2 Å². The second kappa shape index (κ2) is 5.57. The Kier molecular flexibility index (Phi) is 4.52. The molecule has 0 spiro atoms. The van der Waals surface area contributed by atoms with E-state index >= 15 is 0 Å². The number of carboxylic acid groups (broad SMARTS) is 1. The third kappa shape index (κ3) is 3.92. The van der Waals surface area contributed by atoms with Crippen molar-refractivity contribution in [2.45, 2.75) is 26.8 Å². The minimum Gasteiger partial charge on any atom is -0.480 e. The molecule has 0 bridgehead atoms. The molecule has 19 heavy (non-hydrogen) atoms. The first-order valence-electron chi connectivity index (χ1n) is 5.61. The molecule has 0 saturated heterocycles. The maximum Gasteiger partial charge on any atom is 0.326 e. The standard InChI is InChI=1S/C13H15ClFNO3/c1-13(2,3)10(12(18)19)16-11(17)7-4-5-9(15)8(14)6-7/h4-6,10H,1-3H3,(H,16,17)(H,18,19). The van der Waals surface area contributed by atoms with E-state index in [9.17, 15) is 14.0 Å². The van der Waals surface area contributed by atoms with Crippen molar-refractivity contribution in [1.82, 2.24) is 5.32 Å². The maximum absolute atomic E-state index is 13.0. The minimum absolute atomic E-state index is 0.113. The molecule has 0 fully saturated rings. The molecule has 0 aliphatic rings. The molecule has 0 radical (unpaired) electrons. The zero-order valence-electron chi connectivity index (χ0n) is 10.8. The van der Waals surface area contributed by atoms with Gasteiger partial charge in [0.05, 0.1) is 5.02 Å². The van der Waals surface area contributed by atoms with Crippen LogP contribution in [0.2, 0.25) is 5.02 Å². The number of aliphatic carboxylic acids is 1. The zero-order valence-corrected chi connectivity index (χ0v) is 11.6. The average Bonchev–Trinajstić information content (AvgIpc) is 2.27. The van der Waals surface area contributed by atoms with Crippen LogP contribution in [0.5, 0.6) is 0 Å². The van der Waals surface area contributed by atoms with Crippen molar-refractivity contribution in [2.24, 2.45) is 5.41 Å². The van der Waals surface area contributed by atoms with Crippen molar-refractivity contribution in [2.75, 3.05) is 0 Å². The number of nitrogens with one attached hydrogen (secondary N) is 1. The lowest BCUT2D eigenvalue weighted by Gasteiger charge is -2.27. The van der Waals surface area contributed by atoms with Gasteiger partial charge in [0.15, 0.2) is 0 Å². The summed E-state index contributed by atoms with van der Waals surface area (Å²) in [6.45, 7) is 5.09. The van der Waals surface area contributed by atoms with Crippen molar-refractivity contribution in [3.05, 3.63) is 34.6 Å². The summed E-state index contributed by atoms with van der Waals surface area (Å²) in [5, 5.41) is 11.3. The lowest BCUT2D eigenvalue weighted by Crippen LogP contribution is -2.49. The van der Waals surface area contributed by atoms with E-state index in [1.54, 1.807) is 20.8 Å². The Morgan fingerprint density at radius 2 is 1.95 bits per heavy atom. The fourth-order valence-corrected chi connectivity index (χ4v) is 1.68. The summed E-state index contributed by atoms with van der Waals surface area (Å²) in [7, 11) is 0. The summed E-state index contributed by atoms with van der Waals surface area (Å²) in [6.07, 6.45) is 0. The van der Waals surface area contributed by atoms with E-state index < -0.39 is 29.2 Å². The van der Waals surface area contributed by atoms with Crippen molar-refractivity contribution in [3.63, 3.8) is 0 Å². The maximum atomic E-state index is 13.0. The van der Waals surface area contributed by atoms with Crippen LogP contribution in [0.1, 0.15) is 31.1 Å². The van der Waals surface area contributed by atoms with Crippen LogP contribution < -0.4 is 5.32 Å². The van der Waals surface area contributed by atoms with Gasteiger partial charge in [-0.25, -0.2) is 9.18 Å². The number of amides is 1. The summed E-state index contributed by atoms with van der Waals surface area (Å²) < 4.78 is 13.0. The molecular formula is C13H15ClFNO3. The van der Waals surface area contributed by atoms with Crippen molar-refractivity contribution in [3.8, 4) is 0 Å². The molecule has 104 valence electrons. The molecular weight excluding hydrogens is 273 g/mol. The van der Waals surface area contributed by atoms with E-state index in [0.717, 1.165) is 12.1 Å². The van der Waals surface area contributed by atoms with Crippen LogP contribution in [-0.2, 0) is 4.79 Å². The van der Waals surface area contributed by atoms with Gasteiger partial charge >= 0.3 is 5.97 Å². The molecule has 0 aliphatic carbocycles. The van der Waals surface area contributed by atoms with Crippen LogP contribution in [0.15, 0.2) is 18.2 Å². The molecule has 6 heteroatoms. The lowest BCUT2D eigenvalue weighted by atomic mass is 9.86. The summed E-state index contributed by atoms with van der Waals surface area (Å²) >= 11 is 5.58. The fraction of sp³-hybridized carbons (Fsp3) is 0.385. The van der Waals surface area contributed by atoms with Gasteiger partial charge in [0.2, 0.25) is 0 Å². The number of benzene rings is 1. The molecule has 1 rings (SSSR count). The monoisotopic (exact) mass is 287 g/mol. The second-order valence-electron chi connectivity index (χ2n) is 5.24. The van der Waals surface area contributed by atoms with E-state index in [2.05, 4.69) is 5.32 Å². The van der Waals surface area contributed by atoms with Gasteiger partial charge in [-0.2, -0.15) is 0 Å². The topological polar surface area (TPSA) is 66.4 Å². The van der Waals surface area contributed by atoms with Crippen LogP contribution in [-0.4, -0.2) is 23.0 Å². The molecule has 1 unspecified atom stereocenters. The lowest BCUT2D eigenvalue weighted by molar-refractivity contribution is -0.142. The molecule has 1 atom stereocenters. The predicted octanol–water partition coefficient (Wildman–Crippen LogP) is 2.71. The number of carbonyl (C=O) groups is 2. The molecule has 0 heterocycles. The first-order valence-corrected chi connectivity index (χ1v) is 5.99. The number of rotatable bonds is 3. The van der Waals surface area contributed by atoms with Gasteiger partial charge in [0, 0.05) is 5.56 Å². The number of halogens is 2. The Morgan fingerprint density at radius 1 is 1.37 bits per heavy atom. The van der Waals surface area contributed by atoms with Gasteiger partial charge < -0.3 is 10.4 Å². The Labute approximate surface area is 115 Å². The molecule has 2 N–H and O–H groups in total. The Balaban J connectivity index is 2.94. The predicted molar refractivity (Wildman–Crippen MR) is 69.8 cm³/mol. The first-order chi connectivity index (χ1) is 8.62. The number of hydrogen-bond acceptors (Lipinski definition) is 2. The van der Waals surface area contributed by atoms with Crippen molar-refractivity contribution < 1.29 is 19.1 Å². The van der Waals surface area contributed by atoms with Gasteiger partial charge in [-0.05, 0) is 23.6 Å². The van der Waals surface area contributed by atoms with Crippen LogP contribution in [0.3, 0.4) is 0 Å². The first kappa shape index (κ1) is 15.4. The Hall–Kier alpha value is -1.62. The summed E-state index contributed by atoms with van der Waals surface area (Å²) in [5.41, 5.74) is -0.535. The Bertz CT molecular complexity index is 511. The van der Waals surface area contributed by atoms with E-state index in [0.29, 0.717) is 0 Å². The molecule has 1 aromatic carbocycles. The van der Waals surface area contributed by atoms with Crippen LogP contribution in [0.25, 0.3) is 0 Å². The third-order valence-corrected chi connectivity index (χ3v) is 2.86. The highest BCUT2D eigenvalue weighted by atomic mass is 35.5. The van der Waals surface area contributed by atoms with E-state index in [1.165, 1.54) is 6.07 Å². The fourth-order valence-electron chi connectivity index (χ4n) is 1.50. The highest BCUT2D eigenvalue weighted by Crippen LogP contribution is 2.21. The molecule has 0 aliphatic heterocycles. The molecule has 1 amide bonds. The molecule has 0 aromatic heterocycles. The smallest absolute Gasteiger partial charge is 0.326 e. The normalized spacial score (nSPS) is 12.9. The average molecular weight is 288 g/mol. The highest BCUT2D eigenvalue weighted by Gasteiger charge is 2.32. The summed E-state index contributed by atoms with van der Waals surface area (Å²) in [5.74, 6) is -2.37. The highest BCUT2D eigenvalue weighted by molar-refractivity contribution is 6.31. The van der Waals surface area contributed by atoms with Crippen LogP contribution in [0.4, 0.5) is 4.39 Å². The molecule has 0 saturated carbocycles. The van der Waals surface area contributed by atoms with Crippen molar-refractivity contribution in [1.29, 1.82) is 0 Å². The SMILES string of the molecule is CC(C)(C)C(NC(=O)c1ccc(F)c(Cl)c1)C(=O)O. The summed E-state index contributed by atoms with van der Waals surface area (Å²) in [6, 6.07) is 2.42. The minimum atomic E-state index is -1.13. The number of hydrogen-bond donors (Lipinski definition) is 2. The number of carboxylic acids is 1. The Morgan fingerprint density at radius 3 is 2.37 bits per heavy atom. The molecule has 4 nitrogen and oxygen atoms in total. The van der Waals surface area contributed by atoms with Crippen molar-refractivity contribution >= 4 is 23.5 Å². The quantitative estimate of drug-likeness (QED) is 0.898.